The van der Waals surface area contributed by atoms with Gasteiger partial charge in [0.2, 0.25) is 0 Å². The smallest absolute Gasteiger partial charge is 0.260 e. The van der Waals surface area contributed by atoms with Crippen molar-refractivity contribution in [2.75, 3.05) is 4.90 Å². The number of halogens is 1. The Bertz CT molecular complexity index is 1620. The minimum Gasteiger partial charge on any atom is -0.317 e. The molecule has 0 saturated heterocycles. The van der Waals surface area contributed by atoms with Gasteiger partial charge in [0.15, 0.2) is 11.5 Å². The zero-order valence-electron chi connectivity index (χ0n) is 19.3. The van der Waals surface area contributed by atoms with Crippen molar-refractivity contribution in [3.63, 3.8) is 0 Å². The third-order valence-electron chi connectivity index (χ3n) is 6.65. The lowest BCUT2D eigenvalue weighted by Gasteiger charge is -2.18. The number of benzene rings is 2. The first kappa shape index (κ1) is 21.8. The summed E-state index contributed by atoms with van der Waals surface area (Å²) in [4.78, 5) is 34.3. The first-order valence-corrected chi connectivity index (χ1v) is 11.4. The van der Waals surface area contributed by atoms with E-state index in [2.05, 4.69) is 15.0 Å². The lowest BCUT2D eigenvalue weighted by molar-refractivity contribution is 0.0996. The summed E-state index contributed by atoms with van der Waals surface area (Å²) >= 11 is 0. The quantitative estimate of drug-likeness (QED) is 0.295. The van der Waals surface area contributed by atoms with Gasteiger partial charge < -0.3 is 4.57 Å². The molecule has 6 rings (SSSR count). The van der Waals surface area contributed by atoms with Gasteiger partial charge in [0.1, 0.15) is 24.2 Å². The second kappa shape index (κ2) is 8.20. The molecule has 1 amide bonds. The molecule has 3 heterocycles. The number of aromatic nitrogens is 4. The fourth-order valence-corrected chi connectivity index (χ4v) is 4.62. The molecule has 36 heavy (non-hydrogen) atoms. The average molecular weight is 478 g/mol. The lowest BCUT2D eigenvalue weighted by Crippen LogP contribution is -2.24. The van der Waals surface area contributed by atoms with Crippen LogP contribution in [0.2, 0.25) is 0 Å². The van der Waals surface area contributed by atoms with Crippen LogP contribution in [0.4, 0.5) is 15.9 Å². The van der Waals surface area contributed by atoms with E-state index in [9.17, 15) is 14.0 Å². The van der Waals surface area contributed by atoms with Crippen LogP contribution in [0.25, 0.3) is 27.4 Å². The minimum atomic E-state index is -0.580. The van der Waals surface area contributed by atoms with Gasteiger partial charge >= 0.3 is 0 Å². The fraction of sp³-hybridized carbons (Fsp3) is 0.185. The van der Waals surface area contributed by atoms with E-state index in [-0.39, 0.29) is 23.2 Å². The molecule has 1 aliphatic heterocycles. The van der Waals surface area contributed by atoms with Crippen LogP contribution in [0.1, 0.15) is 50.7 Å². The Morgan fingerprint density at radius 3 is 2.64 bits per heavy atom. The Hall–Kier alpha value is -4.71. The molecule has 8 nitrogen and oxygen atoms in total. The summed E-state index contributed by atoms with van der Waals surface area (Å²) in [6.07, 6.45) is 4.14. The van der Waals surface area contributed by atoms with Crippen molar-refractivity contribution >= 4 is 23.7 Å². The number of nitrogens with zero attached hydrogens (tertiary/aromatic N) is 6. The van der Waals surface area contributed by atoms with Crippen molar-refractivity contribution in [2.45, 2.75) is 25.3 Å². The molecule has 0 N–H and O–H groups in total. The molecular weight excluding hydrogens is 459 g/mol. The van der Waals surface area contributed by atoms with Crippen molar-refractivity contribution in [1.82, 2.24) is 19.7 Å². The van der Waals surface area contributed by atoms with Crippen molar-refractivity contribution in [2.24, 2.45) is 7.05 Å². The van der Waals surface area contributed by atoms with Crippen LogP contribution in [0.3, 0.4) is 0 Å². The van der Waals surface area contributed by atoms with Crippen LogP contribution in [-0.2, 0) is 13.6 Å². The van der Waals surface area contributed by atoms with E-state index >= 15 is 0 Å². The monoisotopic (exact) mass is 478 g/mol. The number of aryl methyl sites for hydroxylation is 1. The number of hydrogen-bond acceptors (Lipinski definition) is 5. The number of pyridine rings is 1. The van der Waals surface area contributed by atoms with Gasteiger partial charge in [0.25, 0.3) is 5.91 Å². The maximum absolute atomic E-state index is 14.7. The van der Waals surface area contributed by atoms with Gasteiger partial charge in [0.05, 0.1) is 13.1 Å². The van der Waals surface area contributed by atoms with E-state index in [0.717, 1.165) is 41.3 Å². The predicted octanol–water partition coefficient (Wildman–Crippen LogP) is 5.08. The summed E-state index contributed by atoms with van der Waals surface area (Å²) in [6, 6.07) is 11.8. The van der Waals surface area contributed by atoms with E-state index in [4.69, 9.17) is 11.6 Å². The molecule has 0 atom stereocenters. The molecule has 2 aliphatic rings. The molecule has 1 fully saturated rings. The average Bonchev–Trinajstić information content (AvgIpc) is 3.58. The maximum Gasteiger partial charge on any atom is 0.260 e. The summed E-state index contributed by atoms with van der Waals surface area (Å²) in [7, 11) is 1.83. The Balaban J connectivity index is 1.50. The summed E-state index contributed by atoms with van der Waals surface area (Å²) < 4.78 is 16.5. The lowest BCUT2D eigenvalue weighted by atomic mass is 9.97. The molecule has 0 spiro atoms. The number of fused-ring (bicyclic) bond motifs is 1. The van der Waals surface area contributed by atoms with Crippen LogP contribution in [-0.4, -0.2) is 31.9 Å². The van der Waals surface area contributed by atoms with Gasteiger partial charge in [-0.1, -0.05) is 12.1 Å². The molecule has 0 unspecified atom stereocenters. The molecule has 9 heteroatoms. The Morgan fingerprint density at radius 2 is 1.94 bits per heavy atom. The number of amides is 1. The summed E-state index contributed by atoms with van der Waals surface area (Å²) in [5.74, 6) is 0.345. The second-order valence-electron chi connectivity index (χ2n) is 9.06. The van der Waals surface area contributed by atoms with Gasteiger partial charge in [-0.05, 0) is 54.3 Å². The summed E-state index contributed by atoms with van der Waals surface area (Å²) in [5.41, 5.74) is 4.26. The standard InChI is InChI=1S/C27H19FN6O2/c1-29-18-5-6-19(20(11-18)26-32-30-14-33(26)2)17-9-24(16-3-4-16)31-25(10-17)34-12-22-21(27(34)36)7-15(13-35)8-23(22)28/h5-11,13-14,16H,3-4,12H2,2H3. The molecule has 1 saturated carbocycles. The Labute approximate surface area is 205 Å². The SMILES string of the molecule is [C-]#[N+]c1ccc(-c2cc(C3CC3)nc(N3Cc4c(F)cc(C=O)cc4C3=O)c2)c(-c2nncn2C)c1. The van der Waals surface area contributed by atoms with Gasteiger partial charge in [-0.2, -0.15) is 0 Å². The normalized spacial score (nSPS) is 14.6. The molecule has 176 valence electrons. The van der Waals surface area contributed by atoms with Crippen molar-refractivity contribution in [3.8, 4) is 22.5 Å². The molecule has 1 aliphatic carbocycles. The largest absolute Gasteiger partial charge is 0.317 e. The fourth-order valence-electron chi connectivity index (χ4n) is 4.62. The Kier molecular flexibility index (Phi) is 4.97. The number of anilines is 1. The molecule has 4 aromatic rings. The number of aldehydes is 1. The highest BCUT2D eigenvalue weighted by Gasteiger charge is 2.34. The second-order valence-corrected chi connectivity index (χ2v) is 9.06. The topological polar surface area (TPSA) is 85.3 Å². The maximum atomic E-state index is 14.7. The summed E-state index contributed by atoms with van der Waals surface area (Å²) in [6.45, 7) is 7.48. The molecule has 0 radical (unpaired) electrons. The van der Waals surface area contributed by atoms with E-state index < -0.39 is 11.7 Å². The highest BCUT2D eigenvalue weighted by atomic mass is 19.1. The van der Waals surface area contributed by atoms with E-state index in [1.165, 1.54) is 11.0 Å². The van der Waals surface area contributed by atoms with Gasteiger partial charge in [-0.25, -0.2) is 14.2 Å². The van der Waals surface area contributed by atoms with Crippen LogP contribution in [0, 0.1) is 12.4 Å². The first-order valence-electron chi connectivity index (χ1n) is 11.4. The predicted molar refractivity (Wildman–Crippen MR) is 130 cm³/mol. The number of carbonyl (C=O) groups is 2. The first-order chi connectivity index (χ1) is 17.5. The van der Waals surface area contributed by atoms with E-state index in [1.807, 2.05) is 19.2 Å². The molecule has 2 aromatic heterocycles. The highest BCUT2D eigenvalue weighted by molar-refractivity contribution is 6.10. The zero-order valence-corrected chi connectivity index (χ0v) is 19.3. The van der Waals surface area contributed by atoms with Crippen LogP contribution >= 0.6 is 0 Å². The zero-order chi connectivity index (χ0) is 25.0. The number of rotatable bonds is 5. The van der Waals surface area contributed by atoms with Gasteiger partial charge in [-0.15, -0.1) is 10.2 Å². The third-order valence-corrected chi connectivity index (χ3v) is 6.65. The molecule has 0 bridgehead atoms. The van der Waals surface area contributed by atoms with Crippen molar-refractivity contribution in [3.05, 3.63) is 88.4 Å². The summed E-state index contributed by atoms with van der Waals surface area (Å²) in [5, 5.41) is 8.23. The van der Waals surface area contributed by atoms with E-state index in [1.54, 1.807) is 29.1 Å². The van der Waals surface area contributed by atoms with Gasteiger partial charge in [0, 0.05) is 40.9 Å². The minimum absolute atomic E-state index is 0.0342. The Morgan fingerprint density at radius 1 is 1.11 bits per heavy atom. The highest BCUT2D eigenvalue weighted by Crippen LogP contribution is 2.43. The van der Waals surface area contributed by atoms with Crippen LogP contribution in [0.5, 0.6) is 0 Å². The number of carbonyl (C=O) groups excluding carboxylic acids is 2. The molecule has 2 aromatic carbocycles. The van der Waals surface area contributed by atoms with Crippen molar-refractivity contribution in [1.29, 1.82) is 0 Å². The van der Waals surface area contributed by atoms with E-state index in [0.29, 0.717) is 29.5 Å². The molecular formula is C27H19FN6O2. The van der Waals surface area contributed by atoms with Gasteiger partial charge in [-0.3, -0.25) is 14.5 Å². The van der Waals surface area contributed by atoms with Crippen LogP contribution in [0.15, 0.2) is 48.8 Å². The van der Waals surface area contributed by atoms with Crippen molar-refractivity contribution < 1.29 is 14.0 Å². The number of hydrogen-bond donors (Lipinski definition) is 0. The third kappa shape index (κ3) is 3.55. The van der Waals surface area contributed by atoms with Crippen LogP contribution < -0.4 is 4.90 Å².